The van der Waals surface area contributed by atoms with Crippen molar-refractivity contribution in [2.24, 2.45) is 0 Å². The van der Waals surface area contributed by atoms with E-state index < -0.39 is 18.2 Å². The minimum Gasteiger partial charge on any atom is -0.488 e. The number of carbonyl (C=O) groups is 2. The Hall–Kier alpha value is -4.86. The molecule has 0 radical (unpaired) electrons. The van der Waals surface area contributed by atoms with E-state index in [0.29, 0.717) is 38.4 Å². The van der Waals surface area contributed by atoms with Gasteiger partial charge in [-0.25, -0.2) is 19.1 Å². The molecule has 1 aliphatic rings. The Balaban J connectivity index is 1.20. The number of methoxy groups -OCH3 is 1. The van der Waals surface area contributed by atoms with E-state index in [9.17, 15) is 14.4 Å². The Bertz CT molecular complexity index is 1580. The van der Waals surface area contributed by atoms with E-state index in [1.807, 2.05) is 86.6 Å². The van der Waals surface area contributed by atoms with Crippen LogP contribution in [0.3, 0.4) is 0 Å². The maximum Gasteiger partial charge on any atom is 0.410 e. The Kier molecular flexibility index (Phi) is 9.24. The predicted octanol–water partition coefficient (Wildman–Crippen LogP) is 4.99. The van der Waals surface area contributed by atoms with Crippen LogP contribution < -0.4 is 10.4 Å². The normalized spacial score (nSPS) is 14.3. The summed E-state index contributed by atoms with van der Waals surface area (Å²) in [7, 11) is 1.27. The molecule has 1 atom stereocenters. The molecular weight excluding hydrogens is 548 g/mol. The average molecular weight is 585 g/mol. The Morgan fingerprint density at radius 2 is 1.58 bits per heavy atom. The van der Waals surface area contributed by atoms with E-state index in [2.05, 4.69) is 10.1 Å². The molecule has 1 unspecified atom stereocenters. The van der Waals surface area contributed by atoms with Crippen LogP contribution in [0.2, 0.25) is 0 Å². The summed E-state index contributed by atoms with van der Waals surface area (Å²) in [6, 6.07) is 23.1. The van der Waals surface area contributed by atoms with Gasteiger partial charge in [0.15, 0.2) is 5.82 Å². The van der Waals surface area contributed by atoms with Crippen molar-refractivity contribution in [1.29, 1.82) is 0 Å². The van der Waals surface area contributed by atoms with Crippen LogP contribution in [0.15, 0.2) is 77.6 Å². The average Bonchev–Trinajstić information content (AvgIpc) is 3.42. The lowest BCUT2D eigenvalue weighted by atomic mass is 10.0. The molecule has 3 aromatic carbocycles. The number of benzene rings is 3. The fraction of sp³-hybridized carbons (Fsp3) is 0.333. The highest BCUT2D eigenvalue weighted by Crippen LogP contribution is 2.27. The molecule has 0 spiro atoms. The van der Waals surface area contributed by atoms with Gasteiger partial charge >= 0.3 is 17.8 Å². The first-order chi connectivity index (χ1) is 20.8. The van der Waals surface area contributed by atoms with E-state index >= 15 is 0 Å². The van der Waals surface area contributed by atoms with Crippen LogP contribution in [0.4, 0.5) is 4.79 Å². The van der Waals surface area contributed by atoms with Crippen molar-refractivity contribution in [3.05, 3.63) is 106 Å². The lowest BCUT2D eigenvalue weighted by Crippen LogP contribution is -2.43. The molecule has 10 nitrogen and oxygen atoms in total. The number of hydrogen-bond acceptors (Lipinski definition) is 7. The molecule has 1 aliphatic heterocycles. The quantitative estimate of drug-likeness (QED) is 0.276. The minimum absolute atomic E-state index is 0.157. The molecule has 1 N–H and O–H groups in total. The van der Waals surface area contributed by atoms with Crippen molar-refractivity contribution >= 4 is 12.1 Å². The van der Waals surface area contributed by atoms with Gasteiger partial charge in [-0.15, -0.1) is 5.10 Å². The van der Waals surface area contributed by atoms with Crippen LogP contribution in [0, 0.1) is 13.8 Å². The van der Waals surface area contributed by atoms with Crippen molar-refractivity contribution in [1.82, 2.24) is 19.7 Å². The highest BCUT2D eigenvalue weighted by Gasteiger charge is 2.31. The zero-order valence-electron chi connectivity index (χ0n) is 24.6. The summed E-state index contributed by atoms with van der Waals surface area (Å²) in [4.78, 5) is 42.7. The number of nitrogens with zero attached hydrogens (tertiary/aromatic N) is 3. The van der Waals surface area contributed by atoms with Crippen molar-refractivity contribution in [2.75, 3.05) is 20.2 Å². The third-order valence-electron chi connectivity index (χ3n) is 7.63. The monoisotopic (exact) mass is 584 g/mol. The smallest absolute Gasteiger partial charge is 0.410 e. The molecule has 1 saturated heterocycles. The van der Waals surface area contributed by atoms with Crippen LogP contribution in [0.25, 0.3) is 11.4 Å². The lowest BCUT2D eigenvalue weighted by molar-refractivity contribution is -0.151. The van der Waals surface area contributed by atoms with E-state index in [0.717, 1.165) is 33.6 Å². The number of hydrogen-bond donors (Lipinski definition) is 1. The van der Waals surface area contributed by atoms with Crippen LogP contribution in [-0.4, -0.2) is 58.0 Å². The summed E-state index contributed by atoms with van der Waals surface area (Å²) in [6.07, 6.45) is -0.475. The molecular formula is C33H36N4O6. The fourth-order valence-corrected chi connectivity index (χ4v) is 5.43. The topological polar surface area (TPSA) is 116 Å². The number of aromatic amines is 1. The Morgan fingerprint density at radius 1 is 0.953 bits per heavy atom. The Labute approximate surface area is 250 Å². The molecule has 0 saturated carbocycles. The second-order valence-electron chi connectivity index (χ2n) is 10.7. The lowest BCUT2D eigenvalue weighted by Gasteiger charge is -2.31. The van der Waals surface area contributed by atoms with Gasteiger partial charge in [0.25, 0.3) is 0 Å². The summed E-state index contributed by atoms with van der Waals surface area (Å²) >= 11 is 0. The van der Waals surface area contributed by atoms with E-state index in [1.165, 1.54) is 11.8 Å². The molecule has 0 aliphatic carbocycles. The maximum absolute atomic E-state index is 13.1. The molecule has 224 valence electrons. The molecule has 0 bridgehead atoms. The van der Waals surface area contributed by atoms with Gasteiger partial charge in [-0.3, -0.25) is 4.98 Å². The van der Waals surface area contributed by atoms with Crippen LogP contribution in [0.1, 0.15) is 41.1 Å². The number of esters is 1. The number of H-pyrrole nitrogens is 1. The Morgan fingerprint density at radius 3 is 2.21 bits per heavy atom. The van der Waals surface area contributed by atoms with Gasteiger partial charge in [-0.05, 0) is 48.9 Å². The SMILES string of the molecule is COC(=O)C(Cc1cc(C)c(OCc2ccccc2)c(C)c1)OC(=O)N1CCC(n2nc(-c3ccccc3)[nH]c2=O)CC1. The first kappa shape index (κ1) is 29.6. The van der Waals surface area contributed by atoms with Gasteiger partial charge in [-0.1, -0.05) is 72.8 Å². The van der Waals surface area contributed by atoms with E-state index in [4.69, 9.17) is 14.2 Å². The van der Waals surface area contributed by atoms with Gasteiger partial charge in [0.2, 0.25) is 6.10 Å². The second kappa shape index (κ2) is 13.4. The summed E-state index contributed by atoms with van der Waals surface area (Å²) < 4.78 is 18.2. The van der Waals surface area contributed by atoms with Crippen LogP contribution >= 0.6 is 0 Å². The number of carbonyl (C=O) groups excluding carboxylic acids is 2. The van der Waals surface area contributed by atoms with E-state index in [-0.39, 0.29) is 18.2 Å². The molecule has 5 rings (SSSR count). The van der Waals surface area contributed by atoms with Gasteiger partial charge in [0, 0.05) is 25.1 Å². The van der Waals surface area contributed by atoms with E-state index in [1.54, 1.807) is 4.90 Å². The number of nitrogens with one attached hydrogen (secondary N) is 1. The highest BCUT2D eigenvalue weighted by molar-refractivity contribution is 5.79. The second-order valence-corrected chi connectivity index (χ2v) is 10.7. The third kappa shape index (κ3) is 7.14. The zero-order valence-corrected chi connectivity index (χ0v) is 24.6. The number of piperidine rings is 1. The van der Waals surface area contributed by atoms with Gasteiger partial charge in [0.1, 0.15) is 12.4 Å². The molecule has 4 aromatic rings. The number of ether oxygens (including phenoxy) is 3. The summed E-state index contributed by atoms with van der Waals surface area (Å²) in [5.74, 6) is 0.670. The van der Waals surface area contributed by atoms with Crippen LogP contribution in [-0.2, 0) is 27.3 Å². The van der Waals surface area contributed by atoms with Gasteiger partial charge < -0.3 is 19.1 Å². The standard InChI is InChI=1S/C33H36N4O6/c1-22-18-25(19-23(2)29(22)42-21-24-10-6-4-7-11-24)20-28(31(38)41-3)43-33(40)36-16-14-27(15-17-36)37-32(39)34-30(35-37)26-12-8-5-9-13-26/h4-13,18-19,27-28H,14-17,20-21H2,1-3H3,(H,34,35,39). The number of likely N-dealkylation sites (tertiary alicyclic amines) is 1. The van der Waals surface area contributed by atoms with Gasteiger partial charge in [0.05, 0.1) is 13.2 Å². The fourth-order valence-electron chi connectivity index (χ4n) is 5.43. The highest BCUT2D eigenvalue weighted by atomic mass is 16.6. The molecule has 2 heterocycles. The summed E-state index contributed by atoms with van der Waals surface area (Å²) in [6.45, 7) is 5.08. The van der Waals surface area contributed by atoms with Crippen molar-refractivity contribution < 1.29 is 23.8 Å². The largest absolute Gasteiger partial charge is 0.488 e. The van der Waals surface area contributed by atoms with Crippen molar-refractivity contribution in [3.63, 3.8) is 0 Å². The molecule has 10 heteroatoms. The van der Waals surface area contributed by atoms with Crippen molar-refractivity contribution in [3.8, 4) is 17.1 Å². The first-order valence-electron chi connectivity index (χ1n) is 14.4. The molecule has 43 heavy (non-hydrogen) atoms. The number of amides is 1. The van der Waals surface area contributed by atoms with Crippen LogP contribution in [0.5, 0.6) is 5.75 Å². The van der Waals surface area contributed by atoms with Gasteiger partial charge in [-0.2, -0.15) is 0 Å². The molecule has 1 fully saturated rings. The predicted molar refractivity (Wildman–Crippen MR) is 161 cm³/mol. The first-order valence-corrected chi connectivity index (χ1v) is 14.4. The third-order valence-corrected chi connectivity index (χ3v) is 7.63. The molecule has 1 aromatic heterocycles. The zero-order chi connectivity index (χ0) is 30.3. The summed E-state index contributed by atoms with van der Waals surface area (Å²) in [5.41, 5.74) is 4.29. The maximum atomic E-state index is 13.1. The number of aryl methyl sites for hydroxylation is 2. The minimum atomic E-state index is -1.10. The summed E-state index contributed by atoms with van der Waals surface area (Å²) in [5, 5.41) is 4.49. The number of rotatable bonds is 9. The van der Waals surface area contributed by atoms with Crippen molar-refractivity contribution in [2.45, 2.75) is 51.9 Å². The number of aromatic nitrogens is 3. The molecule has 1 amide bonds.